The minimum Gasteiger partial charge on any atom is -0.353 e. The van der Waals surface area contributed by atoms with Gasteiger partial charge in [0, 0.05) is 18.4 Å². The van der Waals surface area contributed by atoms with Gasteiger partial charge in [0.05, 0.1) is 6.07 Å². The van der Waals surface area contributed by atoms with Crippen molar-refractivity contribution >= 4 is 5.91 Å². The van der Waals surface area contributed by atoms with Crippen LogP contribution in [0.5, 0.6) is 0 Å². The highest BCUT2D eigenvalue weighted by atomic mass is 16.1. The van der Waals surface area contributed by atoms with Gasteiger partial charge in [-0.2, -0.15) is 5.26 Å². The molecule has 1 N–H and O–H groups in total. The van der Waals surface area contributed by atoms with Crippen LogP contribution in [0, 0.1) is 23.2 Å². The Morgan fingerprint density at radius 1 is 1.41 bits per heavy atom. The smallest absolute Gasteiger partial charge is 0.220 e. The van der Waals surface area contributed by atoms with Crippen LogP contribution in [-0.4, -0.2) is 11.9 Å². The van der Waals surface area contributed by atoms with Crippen LogP contribution in [0.25, 0.3) is 0 Å². The number of nitrogens with zero attached hydrogens (tertiary/aromatic N) is 1. The van der Waals surface area contributed by atoms with E-state index in [1.165, 1.54) is 12.8 Å². The number of carbonyl (C=O) groups excluding carboxylic acids is 1. The van der Waals surface area contributed by atoms with Gasteiger partial charge in [-0.15, -0.1) is 0 Å². The average Bonchev–Trinajstić information content (AvgIpc) is 2.76. The molecule has 3 nitrogen and oxygen atoms in total. The molecule has 1 fully saturated rings. The summed E-state index contributed by atoms with van der Waals surface area (Å²) in [5, 5.41) is 12.1. The quantitative estimate of drug-likeness (QED) is 0.770. The van der Waals surface area contributed by atoms with E-state index in [4.69, 9.17) is 5.26 Å². The third kappa shape index (κ3) is 5.72. The van der Waals surface area contributed by atoms with Crippen molar-refractivity contribution in [1.82, 2.24) is 5.32 Å². The van der Waals surface area contributed by atoms with Crippen LogP contribution in [0.2, 0.25) is 0 Å². The SMILES string of the molecule is CC(C)CC(C#N)CCC(=O)NC1CCCC1. The minimum atomic E-state index is 0.0318. The Morgan fingerprint density at radius 3 is 2.59 bits per heavy atom. The monoisotopic (exact) mass is 236 g/mol. The molecule has 0 aromatic carbocycles. The van der Waals surface area contributed by atoms with E-state index in [1.807, 2.05) is 0 Å². The van der Waals surface area contributed by atoms with E-state index in [-0.39, 0.29) is 11.8 Å². The lowest BCUT2D eigenvalue weighted by atomic mass is 9.94. The normalized spacial score (nSPS) is 18.0. The first-order valence-corrected chi connectivity index (χ1v) is 6.80. The maximum absolute atomic E-state index is 11.7. The van der Waals surface area contributed by atoms with Crippen molar-refractivity contribution in [2.75, 3.05) is 0 Å². The molecule has 0 saturated heterocycles. The summed E-state index contributed by atoms with van der Waals surface area (Å²) in [6, 6.07) is 2.70. The summed E-state index contributed by atoms with van der Waals surface area (Å²) in [6.45, 7) is 4.23. The van der Waals surface area contributed by atoms with Crippen LogP contribution in [0.15, 0.2) is 0 Å². The molecule has 0 bridgehead atoms. The number of amides is 1. The lowest BCUT2D eigenvalue weighted by molar-refractivity contribution is -0.122. The van der Waals surface area contributed by atoms with Crippen molar-refractivity contribution in [2.45, 2.75) is 64.8 Å². The van der Waals surface area contributed by atoms with Gasteiger partial charge in [0.2, 0.25) is 5.91 Å². The Morgan fingerprint density at radius 2 is 2.06 bits per heavy atom. The Hall–Kier alpha value is -1.04. The number of carbonyl (C=O) groups is 1. The van der Waals surface area contributed by atoms with E-state index < -0.39 is 0 Å². The number of hydrogen-bond donors (Lipinski definition) is 1. The van der Waals surface area contributed by atoms with E-state index >= 15 is 0 Å². The highest BCUT2D eigenvalue weighted by Gasteiger charge is 2.18. The van der Waals surface area contributed by atoms with E-state index in [0.717, 1.165) is 19.3 Å². The van der Waals surface area contributed by atoms with Crippen molar-refractivity contribution in [3.8, 4) is 6.07 Å². The summed E-state index contributed by atoms with van der Waals surface area (Å²) in [5.41, 5.74) is 0. The maximum atomic E-state index is 11.7. The molecule has 1 atom stereocenters. The first-order chi connectivity index (χ1) is 8.11. The zero-order valence-electron chi connectivity index (χ0n) is 11.0. The lowest BCUT2D eigenvalue weighted by Crippen LogP contribution is -2.32. The highest BCUT2D eigenvalue weighted by Crippen LogP contribution is 2.19. The molecule has 0 radical (unpaired) electrons. The Kier molecular flexibility index (Phi) is 6.04. The predicted octanol–water partition coefficient (Wildman–Crippen LogP) is 3.01. The van der Waals surface area contributed by atoms with Gasteiger partial charge in [-0.1, -0.05) is 26.7 Å². The lowest BCUT2D eigenvalue weighted by Gasteiger charge is -2.14. The molecule has 0 heterocycles. The van der Waals surface area contributed by atoms with Crippen molar-refractivity contribution in [3.05, 3.63) is 0 Å². The molecule has 3 heteroatoms. The van der Waals surface area contributed by atoms with Gasteiger partial charge in [-0.3, -0.25) is 4.79 Å². The molecule has 1 aliphatic carbocycles. The summed E-state index contributed by atoms with van der Waals surface area (Å²) in [4.78, 5) is 11.7. The van der Waals surface area contributed by atoms with Crippen LogP contribution in [0.3, 0.4) is 0 Å². The molecule has 1 unspecified atom stereocenters. The maximum Gasteiger partial charge on any atom is 0.220 e. The summed E-state index contributed by atoms with van der Waals surface area (Å²) in [6.07, 6.45) is 6.82. The van der Waals surface area contributed by atoms with E-state index in [1.54, 1.807) is 0 Å². The largest absolute Gasteiger partial charge is 0.353 e. The number of hydrogen-bond acceptors (Lipinski definition) is 2. The third-order valence-electron chi connectivity index (χ3n) is 3.38. The summed E-state index contributed by atoms with van der Waals surface area (Å²) < 4.78 is 0. The van der Waals surface area contributed by atoms with Crippen molar-refractivity contribution in [3.63, 3.8) is 0 Å². The molecule has 1 saturated carbocycles. The molecule has 0 aliphatic heterocycles. The van der Waals surface area contributed by atoms with Crippen molar-refractivity contribution in [2.24, 2.45) is 11.8 Å². The molecule has 1 amide bonds. The number of rotatable bonds is 6. The van der Waals surface area contributed by atoms with Crippen molar-refractivity contribution < 1.29 is 4.79 Å². The van der Waals surface area contributed by atoms with Gasteiger partial charge in [0.25, 0.3) is 0 Å². The van der Waals surface area contributed by atoms with Gasteiger partial charge < -0.3 is 5.32 Å². The van der Waals surface area contributed by atoms with Crippen molar-refractivity contribution in [1.29, 1.82) is 5.26 Å². The second-order valence-electron chi connectivity index (χ2n) is 5.54. The molecule has 0 aromatic heterocycles. The molecule has 0 spiro atoms. The second kappa shape index (κ2) is 7.32. The molecular weight excluding hydrogens is 212 g/mol. The van der Waals surface area contributed by atoms with E-state index in [2.05, 4.69) is 25.2 Å². The third-order valence-corrected chi connectivity index (χ3v) is 3.38. The fourth-order valence-electron chi connectivity index (χ4n) is 2.48. The zero-order chi connectivity index (χ0) is 12.7. The first-order valence-electron chi connectivity index (χ1n) is 6.80. The van der Waals surface area contributed by atoms with Crippen LogP contribution in [0.1, 0.15) is 58.8 Å². The first kappa shape index (κ1) is 14.0. The summed E-state index contributed by atoms with van der Waals surface area (Å²) >= 11 is 0. The van der Waals surface area contributed by atoms with Gasteiger partial charge in [0.15, 0.2) is 0 Å². The van der Waals surface area contributed by atoms with Gasteiger partial charge >= 0.3 is 0 Å². The van der Waals surface area contributed by atoms with Gasteiger partial charge in [-0.05, 0) is 31.6 Å². The van der Waals surface area contributed by atoms with Crippen LogP contribution < -0.4 is 5.32 Å². The molecule has 0 aromatic rings. The van der Waals surface area contributed by atoms with Gasteiger partial charge in [-0.25, -0.2) is 0 Å². The fraction of sp³-hybridized carbons (Fsp3) is 0.857. The van der Waals surface area contributed by atoms with Crippen LogP contribution in [-0.2, 0) is 4.79 Å². The average molecular weight is 236 g/mol. The predicted molar refractivity (Wildman–Crippen MR) is 68.2 cm³/mol. The minimum absolute atomic E-state index is 0.0318. The Labute approximate surface area is 105 Å². The fourth-order valence-corrected chi connectivity index (χ4v) is 2.48. The van der Waals surface area contributed by atoms with E-state index in [9.17, 15) is 4.79 Å². The van der Waals surface area contributed by atoms with Crippen LogP contribution in [0.4, 0.5) is 0 Å². The zero-order valence-corrected chi connectivity index (χ0v) is 11.0. The molecular formula is C14H24N2O. The van der Waals surface area contributed by atoms with E-state index in [0.29, 0.717) is 24.8 Å². The van der Waals surface area contributed by atoms with Gasteiger partial charge in [0.1, 0.15) is 0 Å². The van der Waals surface area contributed by atoms with Crippen LogP contribution >= 0.6 is 0 Å². The Bertz CT molecular complexity index is 274. The Balaban J connectivity index is 2.19. The molecule has 96 valence electrons. The topological polar surface area (TPSA) is 52.9 Å². The number of nitriles is 1. The highest BCUT2D eigenvalue weighted by molar-refractivity contribution is 5.76. The molecule has 1 aliphatic rings. The molecule has 17 heavy (non-hydrogen) atoms. The second-order valence-corrected chi connectivity index (χ2v) is 5.54. The standard InChI is InChI=1S/C14H24N2O/c1-11(2)9-12(10-15)7-8-14(17)16-13-5-3-4-6-13/h11-13H,3-9H2,1-2H3,(H,16,17). The summed E-state index contributed by atoms with van der Waals surface area (Å²) in [7, 11) is 0. The summed E-state index contributed by atoms with van der Waals surface area (Å²) in [5.74, 6) is 0.683. The molecule has 1 rings (SSSR count). The number of nitrogens with one attached hydrogen (secondary N) is 1.